The van der Waals surface area contributed by atoms with Crippen LogP contribution in [-0.4, -0.2) is 69.2 Å². The Balaban J connectivity index is 2.01. The van der Waals surface area contributed by atoms with Crippen LogP contribution in [0.15, 0.2) is 6.07 Å². The molecular weight excluding hydrogens is 324 g/mol. The molecule has 0 spiro atoms. The van der Waals surface area contributed by atoms with Crippen molar-refractivity contribution in [3.05, 3.63) is 17.5 Å². The molecule has 1 aliphatic heterocycles. The predicted octanol–water partition coefficient (Wildman–Crippen LogP) is 0.939. The average molecular weight is 350 g/mol. The highest BCUT2D eigenvalue weighted by atomic mass is 16.4. The van der Waals surface area contributed by atoms with E-state index in [2.05, 4.69) is 5.10 Å². The van der Waals surface area contributed by atoms with E-state index in [1.165, 1.54) is 14.5 Å². The lowest BCUT2D eigenvalue weighted by Crippen LogP contribution is -2.47. The Morgan fingerprint density at radius 2 is 2.08 bits per heavy atom. The van der Waals surface area contributed by atoms with Gasteiger partial charge >= 0.3 is 5.97 Å². The van der Waals surface area contributed by atoms with Gasteiger partial charge in [0.2, 0.25) is 5.91 Å². The molecule has 138 valence electrons. The first-order chi connectivity index (χ1) is 11.7. The molecule has 0 bridgehead atoms. The molecule has 1 aliphatic rings. The van der Waals surface area contributed by atoms with Gasteiger partial charge < -0.3 is 14.9 Å². The highest BCUT2D eigenvalue weighted by molar-refractivity contribution is 5.95. The lowest BCUT2D eigenvalue weighted by atomic mass is 9.98. The van der Waals surface area contributed by atoms with Gasteiger partial charge in [0.15, 0.2) is 0 Å². The molecule has 2 heterocycles. The van der Waals surface area contributed by atoms with Crippen molar-refractivity contribution in [2.45, 2.75) is 32.6 Å². The van der Waals surface area contributed by atoms with E-state index >= 15 is 0 Å². The molecule has 1 saturated heterocycles. The van der Waals surface area contributed by atoms with E-state index in [9.17, 15) is 14.4 Å². The lowest BCUT2D eigenvalue weighted by Gasteiger charge is -2.32. The Kier molecular flexibility index (Phi) is 5.81. The van der Waals surface area contributed by atoms with Gasteiger partial charge in [0.25, 0.3) is 5.91 Å². The maximum Gasteiger partial charge on any atom is 0.308 e. The molecular formula is C17H26N4O4. The smallest absolute Gasteiger partial charge is 0.308 e. The van der Waals surface area contributed by atoms with Crippen LogP contribution < -0.4 is 0 Å². The summed E-state index contributed by atoms with van der Waals surface area (Å²) < 4.78 is 1.53. The summed E-state index contributed by atoms with van der Waals surface area (Å²) in [6.07, 6.45) is 1.25. The molecule has 1 N–H and O–H groups in total. The average Bonchev–Trinajstić information content (AvgIpc) is 2.96. The molecule has 0 saturated carbocycles. The van der Waals surface area contributed by atoms with Crippen molar-refractivity contribution in [1.82, 2.24) is 19.6 Å². The predicted molar refractivity (Wildman–Crippen MR) is 91.2 cm³/mol. The van der Waals surface area contributed by atoms with Crippen LogP contribution in [0.2, 0.25) is 0 Å². The van der Waals surface area contributed by atoms with Crippen molar-refractivity contribution in [3.8, 4) is 0 Å². The van der Waals surface area contributed by atoms with Crippen molar-refractivity contribution in [2.24, 2.45) is 13.0 Å². The molecule has 8 heteroatoms. The van der Waals surface area contributed by atoms with Crippen LogP contribution in [0.5, 0.6) is 0 Å². The number of nitrogens with zero attached hydrogens (tertiary/aromatic N) is 4. The summed E-state index contributed by atoms with van der Waals surface area (Å²) in [5.74, 6) is -1.70. The molecule has 1 atom stereocenters. The van der Waals surface area contributed by atoms with Gasteiger partial charge in [0, 0.05) is 27.2 Å². The Morgan fingerprint density at radius 1 is 1.40 bits per heavy atom. The minimum absolute atomic E-state index is 0.0760. The van der Waals surface area contributed by atoms with Gasteiger partial charge in [-0.05, 0) is 24.8 Å². The number of carbonyl (C=O) groups is 3. The van der Waals surface area contributed by atoms with E-state index in [-0.39, 0.29) is 30.8 Å². The number of aromatic nitrogens is 2. The van der Waals surface area contributed by atoms with Crippen molar-refractivity contribution in [1.29, 1.82) is 0 Å². The minimum atomic E-state index is -0.877. The SMILES string of the molecule is CC(C)c1cc(C(=O)N(C)CC(=O)N2CCCC(C(=O)O)C2)n(C)n1. The number of carbonyl (C=O) groups excluding carboxylic acids is 2. The summed E-state index contributed by atoms with van der Waals surface area (Å²) in [7, 11) is 3.28. The second-order valence-corrected chi connectivity index (χ2v) is 6.91. The maximum atomic E-state index is 12.6. The number of hydrogen-bond acceptors (Lipinski definition) is 4. The summed E-state index contributed by atoms with van der Waals surface area (Å²) >= 11 is 0. The topological polar surface area (TPSA) is 95.7 Å². The Morgan fingerprint density at radius 3 is 2.64 bits per heavy atom. The zero-order chi connectivity index (χ0) is 18.7. The Bertz CT molecular complexity index is 668. The van der Waals surface area contributed by atoms with Crippen LogP contribution in [0.25, 0.3) is 0 Å². The zero-order valence-electron chi connectivity index (χ0n) is 15.2. The van der Waals surface area contributed by atoms with E-state index in [4.69, 9.17) is 5.11 Å². The van der Waals surface area contributed by atoms with Gasteiger partial charge in [-0.1, -0.05) is 13.8 Å². The van der Waals surface area contributed by atoms with Gasteiger partial charge in [0.1, 0.15) is 5.69 Å². The molecule has 0 aliphatic carbocycles. The van der Waals surface area contributed by atoms with Crippen molar-refractivity contribution >= 4 is 17.8 Å². The van der Waals surface area contributed by atoms with Crippen LogP contribution in [-0.2, 0) is 16.6 Å². The molecule has 2 rings (SSSR count). The first kappa shape index (κ1) is 19.0. The molecule has 0 aromatic carbocycles. The lowest BCUT2D eigenvalue weighted by molar-refractivity contribution is -0.145. The summed E-state index contributed by atoms with van der Waals surface area (Å²) in [6.45, 7) is 4.67. The molecule has 25 heavy (non-hydrogen) atoms. The van der Waals surface area contributed by atoms with E-state index in [1.54, 1.807) is 20.2 Å². The number of rotatable bonds is 5. The third kappa shape index (κ3) is 4.37. The number of carboxylic acids is 1. The second-order valence-electron chi connectivity index (χ2n) is 6.91. The standard InChI is InChI=1S/C17H26N4O4/c1-11(2)13-8-14(20(4)18-13)16(23)19(3)10-15(22)21-7-5-6-12(9-21)17(24)25/h8,11-12H,5-7,9-10H2,1-4H3,(H,24,25). The third-order valence-corrected chi connectivity index (χ3v) is 4.55. The number of likely N-dealkylation sites (N-methyl/N-ethyl adjacent to an activating group) is 1. The molecule has 1 aromatic heterocycles. The number of likely N-dealkylation sites (tertiary alicyclic amines) is 1. The summed E-state index contributed by atoms with van der Waals surface area (Å²) in [5, 5.41) is 13.4. The normalized spacial score (nSPS) is 17.6. The number of amides is 2. The monoisotopic (exact) mass is 350 g/mol. The van der Waals surface area contributed by atoms with Crippen molar-refractivity contribution in [2.75, 3.05) is 26.7 Å². The fraction of sp³-hybridized carbons (Fsp3) is 0.647. The van der Waals surface area contributed by atoms with Gasteiger partial charge in [-0.15, -0.1) is 0 Å². The maximum absolute atomic E-state index is 12.6. The molecule has 8 nitrogen and oxygen atoms in total. The summed E-state index contributed by atoms with van der Waals surface area (Å²) in [4.78, 5) is 39.0. The van der Waals surface area contributed by atoms with Crippen LogP contribution >= 0.6 is 0 Å². The van der Waals surface area contributed by atoms with Gasteiger partial charge in [-0.2, -0.15) is 5.10 Å². The van der Waals surface area contributed by atoms with Crippen molar-refractivity contribution < 1.29 is 19.5 Å². The van der Waals surface area contributed by atoms with Crippen LogP contribution in [0.4, 0.5) is 0 Å². The van der Waals surface area contributed by atoms with E-state index in [1.807, 2.05) is 13.8 Å². The Labute approximate surface area is 147 Å². The van der Waals surface area contributed by atoms with Crippen molar-refractivity contribution in [3.63, 3.8) is 0 Å². The molecule has 2 amide bonds. The molecule has 1 aromatic rings. The largest absolute Gasteiger partial charge is 0.481 e. The number of aryl methyl sites for hydroxylation is 1. The zero-order valence-corrected chi connectivity index (χ0v) is 15.2. The van der Waals surface area contributed by atoms with Crippen LogP contribution in [0.3, 0.4) is 0 Å². The van der Waals surface area contributed by atoms with Crippen LogP contribution in [0, 0.1) is 5.92 Å². The fourth-order valence-electron chi connectivity index (χ4n) is 2.95. The van der Waals surface area contributed by atoms with Gasteiger partial charge in [0.05, 0.1) is 18.2 Å². The van der Waals surface area contributed by atoms with Gasteiger partial charge in [-0.3, -0.25) is 19.1 Å². The highest BCUT2D eigenvalue weighted by Gasteiger charge is 2.29. The first-order valence-corrected chi connectivity index (χ1v) is 8.50. The number of hydrogen-bond donors (Lipinski definition) is 1. The summed E-state index contributed by atoms with van der Waals surface area (Å²) in [6, 6.07) is 1.75. The highest BCUT2D eigenvalue weighted by Crippen LogP contribution is 2.18. The fourth-order valence-corrected chi connectivity index (χ4v) is 2.95. The number of carboxylic acid groups (broad SMARTS) is 1. The molecule has 1 unspecified atom stereocenters. The second kappa shape index (κ2) is 7.67. The number of aliphatic carboxylic acids is 1. The quantitative estimate of drug-likeness (QED) is 0.852. The summed E-state index contributed by atoms with van der Waals surface area (Å²) in [5.41, 5.74) is 1.26. The minimum Gasteiger partial charge on any atom is -0.481 e. The van der Waals surface area contributed by atoms with Gasteiger partial charge in [-0.25, -0.2) is 0 Å². The van der Waals surface area contributed by atoms with E-state index in [0.717, 1.165) is 5.69 Å². The first-order valence-electron chi connectivity index (χ1n) is 8.50. The molecule has 1 fully saturated rings. The number of piperidine rings is 1. The third-order valence-electron chi connectivity index (χ3n) is 4.55. The molecule has 0 radical (unpaired) electrons. The van der Waals surface area contributed by atoms with E-state index < -0.39 is 11.9 Å². The van der Waals surface area contributed by atoms with E-state index in [0.29, 0.717) is 25.1 Å². The van der Waals surface area contributed by atoms with Crippen LogP contribution in [0.1, 0.15) is 48.8 Å². The Hall–Kier alpha value is -2.38.